The van der Waals surface area contributed by atoms with Gasteiger partial charge in [0.2, 0.25) is 0 Å². The smallest absolute Gasteiger partial charge is 0.693 e. The van der Waals surface area contributed by atoms with Crippen LogP contribution in [0, 0.1) is 0 Å². The fourth-order valence-corrected chi connectivity index (χ4v) is 4.12. The van der Waals surface area contributed by atoms with Gasteiger partial charge in [-0.15, -0.1) is 0 Å². The van der Waals surface area contributed by atoms with Crippen molar-refractivity contribution in [1.82, 2.24) is 0 Å². The van der Waals surface area contributed by atoms with Gasteiger partial charge in [-0.05, 0) is 24.3 Å². The van der Waals surface area contributed by atoms with Gasteiger partial charge in [-0.1, -0.05) is 36.4 Å². The first kappa shape index (κ1) is 23.9. The minimum absolute atomic E-state index is 0. The van der Waals surface area contributed by atoms with Gasteiger partial charge in [-0.25, -0.2) is 16.8 Å². The van der Waals surface area contributed by atoms with Crippen LogP contribution in [0.15, 0.2) is 70.5 Å². The molecule has 0 unspecified atom stereocenters. The van der Waals surface area contributed by atoms with Gasteiger partial charge in [0.25, 0.3) is 0 Å². The van der Waals surface area contributed by atoms with E-state index in [-0.39, 0.29) is 22.1 Å². The molecule has 0 amide bonds. The zero-order valence-corrected chi connectivity index (χ0v) is 14.1. The Hall–Kier alpha value is -1.33. The van der Waals surface area contributed by atoms with Gasteiger partial charge in [-0.2, -0.15) is 0 Å². The third-order valence-electron chi connectivity index (χ3n) is 2.28. The SMILES string of the molecule is O=S(=O)([N-]S(=O)(=O)c1ccccc1)c1ccccc1.[F][Cu].[NH2-].[NH2-]. The molecule has 11 heteroatoms. The molecule has 0 aliphatic heterocycles. The van der Waals surface area contributed by atoms with E-state index in [0.717, 1.165) is 0 Å². The van der Waals surface area contributed by atoms with E-state index in [1.165, 1.54) is 48.5 Å². The Balaban J connectivity index is 0. The van der Waals surface area contributed by atoms with E-state index in [0.29, 0.717) is 0 Å². The normalized spacial score (nSPS) is 10.4. The van der Waals surface area contributed by atoms with Crippen LogP contribution < -0.4 is 0 Å². The Bertz CT molecular complexity index is 705. The van der Waals surface area contributed by atoms with Crippen LogP contribution in [0.4, 0.5) is 3.55 Å². The third kappa shape index (κ3) is 6.75. The number of benzene rings is 2. The summed E-state index contributed by atoms with van der Waals surface area (Å²) in [5.74, 6) is 0. The summed E-state index contributed by atoms with van der Waals surface area (Å²) < 4.78 is 59.6. The molecule has 0 aliphatic carbocycles. The number of nitrogens with zero attached hydrogens (tertiary/aromatic N) is 1. The zero-order valence-electron chi connectivity index (χ0n) is 11.5. The average Bonchev–Trinajstić information content (AvgIpc) is 2.50. The number of hydrogen-bond donors (Lipinski definition) is 0. The maximum atomic E-state index is 11.9. The van der Waals surface area contributed by atoms with Crippen LogP contribution in [0.2, 0.25) is 0 Å². The van der Waals surface area contributed by atoms with Crippen molar-refractivity contribution in [2.75, 3.05) is 0 Å². The van der Waals surface area contributed by atoms with E-state index in [4.69, 9.17) is 3.55 Å². The van der Waals surface area contributed by atoms with E-state index < -0.39 is 20.0 Å². The molecule has 7 nitrogen and oxygen atoms in total. The third-order valence-corrected chi connectivity index (χ3v) is 5.58. The van der Waals surface area contributed by atoms with Crippen LogP contribution in [-0.2, 0) is 36.5 Å². The molecule has 2 rings (SSSR count). The number of hydrogen-bond acceptors (Lipinski definition) is 4. The average molecular weight is 411 g/mol. The predicted molar refractivity (Wildman–Crippen MR) is 82.3 cm³/mol. The van der Waals surface area contributed by atoms with E-state index in [9.17, 15) is 16.8 Å². The largest absolute Gasteiger partial charge is 0.693 e. The predicted octanol–water partition coefficient (Wildman–Crippen LogP) is 3.99. The summed E-state index contributed by atoms with van der Waals surface area (Å²) in [5.41, 5.74) is 0. The van der Waals surface area contributed by atoms with Crippen LogP contribution in [-0.4, -0.2) is 16.8 Å². The quantitative estimate of drug-likeness (QED) is 0.699. The van der Waals surface area contributed by atoms with Crippen molar-refractivity contribution < 1.29 is 36.9 Å². The molecule has 0 fully saturated rings. The second kappa shape index (κ2) is 10.4. The molecule has 0 aromatic heterocycles. The molecule has 0 radical (unpaired) electrons. The summed E-state index contributed by atoms with van der Waals surface area (Å²) in [5, 5.41) is 0. The van der Waals surface area contributed by atoms with Crippen molar-refractivity contribution in [2.45, 2.75) is 9.79 Å². The standard InChI is InChI=1S/C12H10NO4S2.Cu.FH.2H2N/c14-18(15,11-7-3-1-4-8-11)13-19(16,17)12-9-5-2-6-10-12;;;;/h1-10H;;1H;2*1H2/q-1;+1;;2*-1/p-1. The van der Waals surface area contributed by atoms with Gasteiger partial charge in [0, 0.05) is 9.79 Å². The van der Waals surface area contributed by atoms with E-state index in [1.54, 1.807) is 12.1 Å². The molecule has 0 aliphatic rings. The number of rotatable bonds is 4. The Labute approximate surface area is 143 Å². The van der Waals surface area contributed by atoms with Crippen molar-refractivity contribution in [3.05, 3.63) is 77.1 Å². The summed E-state index contributed by atoms with van der Waals surface area (Å²) in [6.07, 6.45) is 0. The van der Waals surface area contributed by atoms with Gasteiger partial charge in [0.15, 0.2) is 0 Å². The molecule has 0 saturated carbocycles. The Morgan fingerprint density at radius 1 is 0.652 bits per heavy atom. The topological polar surface area (TPSA) is 149 Å². The number of sulfonamides is 2. The molecule has 4 N–H and O–H groups in total. The monoisotopic (exact) mass is 410 g/mol. The number of nitrogens with two attached hydrogens (primary N) is 2. The first-order chi connectivity index (χ1) is 9.92. The summed E-state index contributed by atoms with van der Waals surface area (Å²) in [6, 6.07) is 14.4. The van der Waals surface area contributed by atoms with Crippen molar-refractivity contribution in [3.63, 3.8) is 0 Å². The molecule has 134 valence electrons. The summed E-state index contributed by atoms with van der Waals surface area (Å²) in [4.78, 5) is -0.316. The maximum Gasteiger partial charge on any atom is -0.693 e. The second-order valence-corrected chi connectivity index (χ2v) is 7.09. The molecular weight excluding hydrogens is 397 g/mol. The first-order valence-corrected chi connectivity index (χ1v) is 8.61. The second-order valence-electron chi connectivity index (χ2n) is 3.65. The molecule has 0 saturated heterocycles. The van der Waals surface area contributed by atoms with Gasteiger partial charge in [-0.3, -0.25) is 0 Å². The minimum atomic E-state index is -4.23. The number of halogens is 1. The Morgan fingerprint density at radius 3 is 1.17 bits per heavy atom. The molecule has 2 aromatic rings. The molecular formula is C12H14CuFN3O4S2-3. The van der Waals surface area contributed by atoms with E-state index in [2.05, 4.69) is 20.6 Å². The molecule has 2 aromatic carbocycles. The van der Waals surface area contributed by atoms with Crippen molar-refractivity contribution in [2.24, 2.45) is 0 Å². The minimum Gasteiger partial charge on any atom is -0.693 e. The summed E-state index contributed by atoms with van der Waals surface area (Å²) in [6.45, 7) is 0. The fraction of sp³-hybridized carbons (Fsp3) is 0. The molecule has 0 bridgehead atoms. The van der Waals surface area contributed by atoms with Gasteiger partial charge >= 0.3 is 20.0 Å². The van der Waals surface area contributed by atoms with Gasteiger partial charge < -0.3 is 16.4 Å². The molecule has 23 heavy (non-hydrogen) atoms. The van der Waals surface area contributed by atoms with Crippen LogP contribution in [0.1, 0.15) is 0 Å². The van der Waals surface area contributed by atoms with Crippen LogP contribution in [0.5, 0.6) is 0 Å². The van der Waals surface area contributed by atoms with Crippen LogP contribution in [0.25, 0.3) is 16.4 Å². The van der Waals surface area contributed by atoms with Crippen molar-refractivity contribution in [1.29, 1.82) is 0 Å². The maximum absolute atomic E-state index is 11.9. The van der Waals surface area contributed by atoms with Crippen LogP contribution >= 0.6 is 0 Å². The fourth-order valence-electron chi connectivity index (χ4n) is 1.40. The Morgan fingerprint density at radius 2 is 0.913 bits per heavy atom. The summed E-state index contributed by atoms with van der Waals surface area (Å²) in [7, 11) is -8.46. The van der Waals surface area contributed by atoms with Gasteiger partial charge in [0.05, 0.1) is 0 Å². The Kier molecular flexibility index (Phi) is 10.9. The first-order valence-electron chi connectivity index (χ1n) is 5.38. The zero-order chi connectivity index (χ0) is 15.9. The molecule has 0 heterocycles. The van der Waals surface area contributed by atoms with Crippen LogP contribution in [0.3, 0.4) is 0 Å². The molecule has 0 spiro atoms. The van der Waals surface area contributed by atoms with Gasteiger partial charge in [0.1, 0.15) is 20.0 Å². The van der Waals surface area contributed by atoms with Crippen molar-refractivity contribution >= 4 is 20.0 Å². The van der Waals surface area contributed by atoms with Crippen molar-refractivity contribution in [3.8, 4) is 0 Å². The van der Waals surface area contributed by atoms with E-state index >= 15 is 0 Å². The molecule has 0 atom stereocenters. The van der Waals surface area contributed by atoms with E-state index in [1.807, 2.05) is 0 Å². The summed E-state index contributed by atoms with van der Waals surface area (Å²) >= 11 is 2.69.